The van der Waals surface area contributed by atoms with E-state index in [1.807, 2.05) is 32.2 Å². The summed E-state index contributed by atoms with van der Waals surface area (Å²) in [6.45, 7) is 3.27. The van der Waals surface area contributed by atoms with Crippen molar-refractivity contribution in [2.45, 2.75) is 13.5 Å². The van der Waals surface area contributed by atoms with Gasteiger partial charge in [-0.05, 0) is 19.2 Å². The molecule has 0 N–H and O–H groups in total. The number of hydrogen-bond acceptors (Lipinski definition) is 4. The minimum Gasteiger partial charge on any atom is -0.469 e. The number of esters is 1. The van der Waals surface area contributed by atoms with E-state index in [1.165, 1.54) is 7.11 Å². The third kappa shape index (κ3) is 3.98. The van der Waals surface area contributed by atoms with Crippen LogP contribution in [-0.2, 0) is 16.1 Å². The molecule has 1 atom stereocenters. The average Bonchev–Trinajstić information content (AvgIpc) is 2.29. The summed E-state index contributed by atoms with van der Waals surface area (Å²) in [4.78, 5) is 17.5. The van der Waals surface area contributed by atoms with E-state index in [9.17, 15) is 4.79 Å². The predicted molar refractivity (Wildman–Crippen MR) is 61.8 cm³/mol. The molecular formula is C12H18N2O2. The van der Waals surface area contributed by atoms with E-state index in [4.69, 9.17) is 0 Å². The number of aromatic nitrogens is 1. The van der Waals surface area contributed by atoms with Gasteiger partial charge in [0, 0.05) is 19.3 Å². The van der Waals surface area contributed by atoms with Crippen molar-refractivity contribution in [2.75, 3.05) is 20.7 Å². The summed E-state index contributed by atoms with van der Waals surface area (Å²) in [6, 6.07) is 5.82. The molecule has 4 nitrogen and oxygen atoms in total. The summed E-state index contributed by atoms with van der Waals surface area (Å²) in [5.41, 5.74) is 1.00. The lowest BCUT2D eigenvalue weighted by atomic mass is 10.1. The Morgan fingerprint density at radius 2 is 2.31 bits per heavy atom. The third-order valence-electron chi connectivity index (χ3n) is 2.35. The number of pyridine rings is 1. The monoisotopic (exact) mass is 222 g/mol. The quantitative estimate of drug-likeness (QED) is 0.705. The highest BCUT2D eigenvalue weighted by molar-refractivity contribution is 5.72. The number of rotatable bonds is 5. The van der Waals surface area contributed by atoms with Gasteiger partial charge in [-0.1, -0.05) is 13.0 Å². The predicted octanol–water partition coefficient (Wildman–Crippen LogP) is 1.32. The van der Waals surface area contributed by atoms with Gasteiger partial charge in [-0.3, -0.25) is 14.7 Å². The Labute approximate surface area is 96.2 Å². The van der Waals surface area contributed by atoms with Gasteiger partial charge in [0.1, 0.15) is 0 Å². The first-order valence-corrected chi connectivity index (χ1v) is 5.29. The third-order valence-corrected chi connectivity index (χ3v) is 2.35. The average molecular weight is 222 g/mol. The minimum atomic E-state index is -0.173. The standard InChI is InChI=1S/C12H18N2O2/c1-10(12(15)16-3)8-14(2)9-11-6-4-5-7-13-11/h4-7,10H,8-9H2,1-3H3. The molecular weight excluding hydrogens is 204 g/mol. The summed E-state index contributed by atoms with van der Waals surface area (Å²) in [5.74, 6) is -0.286. The minimum absolute atomic E-state index is 0.112. The molecule has 1 unspecified atom stereocenters. The van der Waals surface area contributed by atoms with Gasteiger partial charge in [-0.25, -0.2) is 0 Å². The van der Waals surface area contributed by atoms with Crippen LogP contribution in [0, 0.1) is 5.92 Å². The van der Waals surface area contributed by atoms with E-state index in [2.05, 4.69) is 14.6 Å². The number of methoxy groups -OCH3 is 1. The molecule has 0 amide bonds. The molecule has 0 saturated heterocycles. The van der Waals surface area contributed by atoms with Crippen molar-refractivity contribution in [1.82, 2.24) is 9.88 Å². The Morgan fingerprint density at radius 3 is 2.88 bits per heavy atom. The molecule has 0 aliphatic carbocycles. The summed E-state index contributed by atoms with van der Waals surface area (Å²) in [5, 5.41) is 0. The molecule has 4 heteroatoms. The van der Waals surface area contributed by atoms with Crippen molar-refractivity contribution in [3.8, 4) is 0 Å². The smallest absolute Gasteiger partial charge is 0.309 e. The molecule has 0 aromatic carbocycles. The van der Waals surface area contributed by atoms with E-state index in [-0.39, 0.29) is 11.9 Å². The first-order chi connectivity index (χ1) is 7.63. The topological polar surface area (TPSA) is 42.4 Å². The van der Waals surface area contributed by atoms with Crippen molar-refractivity contribution in [3.05, 3.63) is 30.1 Å². The maximum Gasteiger partial charge on any atom is 0.309 e. The maximum absolute atomic E-state index is 11.2. The van der Waals surface area contributed by atoms with E-state index < -0.39 is 0 Å². The molecule has 0 saturated carbocycles. The molecule has 1 rings (SSSR count). The first-order valence-electron chi connectivity index (χ1n) is 5.29. The van der Waals surface area contributed by atoms with Crippen LogP contribution in [0.5, 0.6) is 0 Å². The van der Waals surface area contributed by atoms with Gasteiger partial charge in [0.15, 0.2) is 0 Å². The molecule has 0 aliphatic rings. The van der Waals surface area contributed by atoms with Crippen LogP contribution in [0.4, 0.5) is 0 Å². The zero-order valence-corrected chi connectivity index (χ0v) is 10.0. The van der Waals surface area contributed by atoms with Crippen LogP contribution in [0.15, 0.2) is 24.4 Å². The Bertz CT molecular complexity index is 327. The molecule has 1 heterocycles. The summed E-state index contributed by atoms with van der Waals surface area (Å²) in [7, 11) is 3.38. The van der Waals surface area contributed by atoms with Gasteiger partial charge in [0.2, 0.25) is 0 Å². The van der Waals surface area contributed by atoms with Gasteiger partial charge in [-0.15, -0.1) is 0 Å². The molecule has 0 fully saturated rings. The molecule has 0 aliphatic heterocycles. The Hall–Kier alpha value is -1.42. The lowest BCUT2D eigenvalue weighted by Crippen LogP contribution is -2.29. The number of carbonyl (C=O) groups is 1. The van der Waals surface area contributed by atoms with E-state index in [0.29, 0.717) is 6.54 Å². The zero-order valence-electron chi connectivity index (χ0n) is 10.0. The highest BCUT2D eigenvalue weighted by Gasteiger charge is 2.15. The van der Waals surface area contributed by atoms with Crippen molar-refractivity contribution in [3.63, 3.8) is 0 Å². The Balaban J connectivity index is 2.42. The van der Waals surface area contributed by atoms with Gasteiger partial charge in [-0.2, -0.15) is 0 Å². The number of carbonyl (C=O) groups excluding carboxylic acids is 1. The van der Waals surface area contributed by atoms with Crippen LogP contribution < -0.4 is 0 Å². The van der Waals surface area contributed by atoms with Crippen LogP contribution in [0.3, 0.4) is 0 Å². The summed E-state index contributed by atoms with van der Waals surface area (Å²) in [6.07, 6.45) is 1.77. The lowest BCUT2D eigenvalue weighted by molar-refractivity contribution is -0.145. The molecule has 1 aromatic rings. The number of nitrogens with zero attached hydrogens (tertiary/aromatic N) is 2. The SMILES string of the molecule is COC(=O)C(C)CN(C)Cc1ccccn1. The van der Waals surface area contributed by atoms with Crippen LogP contribution in [0.1, 0.15) is 12.6 Å². The second-order valence-corrected chi connectivity index (χ2v) is 3.94. The second-order valence-electron chi connectivity index (χ2n) is 3.94. The lowest BCUT2D eigenvalue weighted by Gasteiger charge is -2.19. The normalized spacial score (nSPS) is 12.5. The van der Waals surface area contributed by atoms with Crippen LogP contribution in [0.2, 0.25) is 0 Å². The van der Waals surface area contributed by atoms with Crippen LogP contribution >= 0.6 is 0 Å². The van der Waals surface area contributed by atoms with Gasteiger partial charge in [0.05, 0.1) is 18.7 Å². The maximum atomic E-state index is 11.2. The molecule has 1 aromatic heterocycles. The summed E-state index contributed by atoms with van der Waals surface area (Å²) >= 11 is 0. The van der Waals surface area contributed by atoms with E-state index >= 15 is 0 Å². The van der Waals surface area contributed by atoms with Gasteiger partial charge >= 0.3 is 5.97 Å². The van der Waals surface area contributed by atoms with E-state index in [1.54, 1.807) is 6.20 Å². The highest BCUT2D eigenvalue weighted by atomic mass is 16.5. The molecule has 0 radical (unpaired) electrons. The molecule has 0 spiro atoms. The summed E-state index contributed by atoms with van der Waals surface area (Å²) < 4.78 is 4.68. The molecule has 16 heavy (non-hydrogen) atoms. The van der Waals surface area contributed by atoms with Gasteiger partial charge < -0.3 is 4.74 Å². The molecule has 88 valence electrons. The number of ether oxygens (including phenoxy) is 1. The highest BCUT2D eigenvalue weighted by Crippen LogP contribution is 2.04. The second kappa shape index (κ2) is 6.23. The number of hydrogen-bond donors (Lipinski definition) is 0. The van der Waals surface area contributed by atoms with Gasteiger partial charge in [0.25, 0.3) is 0 Å². The first kappa shape index (κ1) is 12.6. The largest absolute Gasteiger partial charge is 0.469 e. The van der Waals surface area contributed by atoms with Crippen molar-refractivity contribution in [2.24, 2.45) is 5.92 Å². The van der Waals surface area contributed by atoms with Crippen LogP contribution in [-0.4, -0.2) is 36.6 Å². The fraction of sp³-hybridized carbons (Fsp3) is 0.500. The van der Waals surface area contributed by atoms with E-state index in [0.717, 1.165) is 12.2 Å². The van der Waals surface area contributed by atoms with Crippen molar-refractivity contribution >= 4 is 5.97 Å². The molecule has 0 bridgehead atoms. The fourth-order valence-corrected chi connectivity index (χ4v) is 1.58. The van der Waals surface area contributed by atoms with Crippen molar-refractivity contribution < 1.29 is 9.53 Å². The Kier molecular flexibility index (Phi) is 4.92. The zero-order chi connectivity index (χ0) is 12.0. The Morgan fingerprint density at radius 1 is 1.56 bits per heavy atom. The van der Waals surface area contributed by atoms with Crippen LogP contribution in [0.25, 0.3) is 0 Å². The van der Waals surface area contributed by atoms with Crippen molar-refractivity contribution in [1.29, 1.82) is 0 Å². The fourth-order valence-electron chi connectivity index (χ4n) is 1.58.